The van der Waals surface area contributed by atoms with E-state index in [1.54, 1.807) is 0 Å². The standard InChI is InChI=1S/C49H76O19/c1-22(51)63-37-35(58)36(66-40-33(56)30(53)25(52)21-62-40)38(39(59)60)67-42(37)65-29-12-13-46(6)27(45(29,4)5)11-14-48(8)28(46)10-9-23-24-19-44(2,3)15-17-49(24,18-16-47(23,48)7)43(61)68-41-34(57)32(55)31(54)26(20-50)64-41/h9,24-38,40-42,50,52-58H,10-21H2,1-8H3,(H,59,60)/t24-,25-,26+,27+,28+,29-,30-,31+,32-,33+,34+,35-,36-,37+,38-,40-,41-,42+,46-,47+,48+,49-/m0/s1. The Morgan fingerprint density at radius 2 is 1.38 bits per heavy atom. The Morgan fingerprint density at radius 3 is 2.04 bits per heavy atom. The number of ether oxygens (including phenoxy) is 7. The van der Waals surface area contributed by atoms with Crippen molar-refractivity contribution >= 4 is 17.9 Å². The van der Waals surface area contributed by atoms with Gasteiger partial charge in [-0.1, -0.05) is 60.1 Å². The Kier molecular flexibility index (Phi) is 14.0. The summed E-state index contributed by atoms with van der Waals surface area (Å²) in [7, 11) is 0. The number of allylic oxidation sites excluding steroid dienone is 2. The van der Waals surface area contributed by atoms with Gasteiger partial charge in [0.15, 0.2) is 24.8 Å². The number of carbonyl (C=O) groups is 3. The molecule has 0 unspecified atom stereocenters. The van der Waals surface area contributed by atoms with Gasteiger partial charge in [0.05, 0.1) is 24.7 Å². The monoisotopic (exact) mass is 968 g/mol. The largest absolute Gasteiger partial charge is 0.479 e. The van der Waals surface area contributed by atoms with Crippen molar-refractivity contribution in [2.45, 2.75) is 212 Å². The summed E-state index contributed by atoms with van der Waals surface area (Å²) in [6, 6.07) is 0. The Labute approximate surface area is 397 Å². The molecule has 0 aromatic carbocycles. The molecule has 0 radical (unpaired) electrons. The summed E-state index contributed by atoms with van der Waals surface area (Å²) >= 11 is 0. The maximum absolute atomic E-state index is 14.7. The summed E-state index contributed by atoms with van der Waals surface area (Å²) in [6.45, 7) is 15.9. The molecule has 0 spiro atoms. The number of esters is 2. The number of aliphatic hydroxyl groups excluding tert-OH is 8. The fourth-order valence-corrected chi connectivity index (χ4v) is 15.0. The third-order valence-electron chi connectivity index (χ3n) is 19.2. The number of carboxylic acids is 1. The molecule has 22 atom stereocenters. The van der Waals surface area contributed by atoms with Crippen molar-refractivity contribution < 1.29 is 93.5 Å². The molecule has 19 heteroatoms. The predicted molar refractivity (Wildman–Crippen MR) is 234 cm³/mol. The molecule has 68 heavy (non-hydrogen) atoms. The van der Waals surface area contributed by atoms with E-state index >= 15 is 0 Å². The van der Waals surface area contributed by atoms with Crippen molar-refractivity contribution in [3.8, 4) is 0 Å². The lowest BCUT2D eigenvalue weighted by atomic mass is 9.33. The van der Waals surface area contributed by atoms with E-state index in [9.17, 15) is 60.3 Å². The van der Waals surface area contributed by atoms with Crippen molar-refractivity contribution in [3.05, 3.63) is 11.6 Å². The first kappa shape index (κ1) is 52.0. The topological polar surface area (TPSA) is 298 Å². The molecule has 0 amide bonds. The van der Waals surface area contributed by atoms with Gasteiger partial charge in [0.25, 0.3) is 0 Å². The highest BCUT2D eigenvalue weighted by molar-refractivity contribution is 5.79. The minimum Gasteiger partial charge on any atom is -0.479 e. The maximum Gasteiger partial charge on any atom is 0.335 e. The summed E-state index contributed by atoms with van der Waals surface area (Å²) in [4.78, 5) is 39.9. The van der Waals surface area contributed by atoms with E-state index in [0.717, 1.165) is 45.4 Å². The Morgan fingerprint density at radius 1 is 0.706 bits per heavy atom. The molecule has 3 aliphatic heterocycles. The van der Waals surface area contributed by atoms with Crippen LogP contribution in [0.1, 0.15) is 120 Å². The zero-order valence-corrected chi connectivity index (χ0v) is 40.6. The number of aliphatic carboxylic acids is 1. The van der Waals surface area contributed by atoms with E-state index in [0.29, 0.717) is 25.7 Å². The summed E-state index contributed by atoms with van der Waals surface area (Å²) in [5.41, 5.74) is -0.956. The van der Waals surface area contributed by atoms with Gasteiger partial charge in [-0.3, -0.25) is 9.59 Å². The van der Waals surface area contributed by atoms with Crippen LogP contribution in [0.2, 0.25) is 0 Å². The number of hydrogen-bond donors (Lipinski definition) is 9. The first-order chi connectivity index (χ1) is 31.7. The van der Waals surface area contributed by atoms with E-state index in [4.69, 9.17) is 33.2 Å². The highest BCUT2D eigenvalue weighted by atomic mass is 16.8. The smallest absolute Gasteiger partial charge is 0.335 e. The molecule has 0 bridgehead atoms. The van der Waals surface area contributed by atoms with Gasteiger partial charge in [-0.05, 0) is 109 Å². The molecule has 0 aromatic rings. The number of rotatable bonds is 9. The van der Waals surface area contributed by atoms with Crippen LogP contribution in [-0.4, -0.2) is 169 Å². The minimum atomic E-state index is -1.88. The van der Waals surface area contributed by atoms with Crippen LogP contribution in [0.4, 0.5) is 0 Å². The normalized spacial score (nSPS) is 50.8. The summed E-state index contributed by atoms with van der Waals surface area (Å²) in [5, 5.41) is 94.3. The van der Waals surface area contributed by atoms with E-state index in [2.05, 4.69) is 54.5 Å². The van der Waals surface area contributed by atoms with Gasteiger partial charge in [0.2, 0.25) is 6.29 Å². The van der Waals surface area contributed by atoms with Crippen molar-refractivity contribution in [3.63, 3.8) is 0 Å². The lowest BCUT2D eigenvalue weighted by Gasteiger charge is -2.71. The Balaban J connectivity index is 1.03. The highest BCUT2D eigenvalue weighted by Crippen LogP contribution is 2.76. The van der Waals surface area contributed by atoms with Crippen molar-refractivity contribution in [2.75, 3.05) is 13.2 Å². The van der Waals surface area contributed by atoms with E-state index in [1.807, 2.05) is 0 Å². The zero-order valence-electron chi connectivity index (χ0n) is 40.6. The third kappa shape index (κ3) is 8.28. The fraction of sp³-hybridized carbons (Fsp3) is 0.898. The van der Waals surface area contributed by atoms with Crippen LogP contribution in [-0.2, 0) is 47.5 Å². The molecule has 7 fully saturated rings. The van der Waals surface area contributed by atoms with Crippen LogP contribution < -0.4 is 0 Å². The summed E-state index contributed by atoms with van der Waals surface area (Å²) < 4.78 is 41.0. The van der Waals surface area contributed by atoms with E-state index < -0.39 is 134 Å². The zero-order chi connectivity index (χ0) is 49.8. The molecular formula is C49H76O19. The number of carboxylic acid groups (broad SMARTS) is 1. The van der Waals surface area contributed by atoms with Crippen LogP contribution in [0, 0.1) is 50.2 Å². The molecule has 0 aromatic heterocycles. The Hall–Kier alpha value is -2.37. The SMILES string of the molecule is CC(=O)O[C@H]1[C@H](O[C@H]2CC[C@@]3(C)[C@H](CC[C@]4(C)[C@@H]3CC=C3[C@@H]5CC(C)(C)CC[C@]5(C(=O)O[C@@H]5O[C@H](CO)[C@@H](O)[C@H](O)[C@H]5O)CC[C@]34C)C2(C)C)O[C@H](C(=O)O)[C@@H](O[C@@H]2OC[C@H](O)[C@H](O)[C@H]2O)[C@@H]1O. The average Bonchev–Trinajstić information content (AvgIpc) is 3.26. The van der Waals surface area contributed by atoms with Crippen LogP contribution >= 0.6 is 0 Å². The molecular weight excluding hydrogens is 893 g/mol. The van der Waals surface area contributed by atoms with Crippen molar-refractivity contribution in [1.82, 2.24) is 0 Å². The van der Waals surface area contributed by atoms with Crippen LogP contribution in [0.15, 0.2) is 11.6 Å². The lowest BCUT2D eigenvalue weighted by molar-refractivity contribution is -0.355. The molecule has 19 nitrogen and oxygen atoms in total. The molecule has 386 valence electrons. The first-order valence-electron chi connectivity index (χ1n) is 24.6. The number of hydrogen-bond acceptors (Lipinski definition) is 18. The van der Waals surface area contributed by atoms with Gasteiger partial charge in [-0.15, -0.1) is 0 Å². The van der Waals surface area contributed by atoms with Crippen LogP contribution in [0.3, 0.4) is 0 Å². The molecule has 8 rings (SSSR count). The number of fused-ring (bicyclic) bond motifs is 7. The quantitative estimate of drug-likeness (QED) is 0.0897. The van der Waals surface area contributed by atoms with Gasteiger partial charge in [-0.25, -0.2) is 4.79 Å². The maximum atomic E-state index is 14.7. The first-order valence-corrected chi connectivity index (χ1v) is 24.6. The molecule has 3 saturated heterocycles. The average molecular weight is 969 g/mol. The van der Waals surface area contributed by atoms with E-state index in [1.165, 1.54) is 5.57 Å². The summed E-state index contributed by atoms with van der Waals surface area (Å²) in [5.74, 6) is -2.67. The van der Waals surface area contributed by atoms with Gasteiger partial charge < -0.3 is 79.1 Å². The van der Waals surface area contributed by atoms with E-state index in [-0.39, 0.29) is 39.4 Å². The molecule has 8 aliphatic rings. The van der Waals surface area contributed by atoms with Crippen molar-refractivity contribution in [1.29, 1.82) is 0 Å². The second-order valence-electron chi connectivity index (χ2n) is 23.6. The number of aliphatic hydroxyl groups is 8. The third-order valence-corrected chi connectivity index (χ3v) is 19.2. The number of carbonyl (C=O) groups excluding carboxylic acids is 2. The fourth-order valence-electron chi connectivity index (χ4n) is 15.0. The second kappa shape index (κ2) is 18.3. The minimum absolute atomic E-state index is 0.0776. The molecule has 9 N–H and O–H groups in total. The molecule has 4 saturated carbocycles. The van der Waals surface area contributed by atoms with Gasteiger partial charge in [0, 0.05) is 6.92 Å². The van der Waals surface area contributed by atoms with Crippen molar-refractivity contribution in [2.24, 2.45) is 50.2 Å². The summed E-state index contributed by atoms with van der Waals surface area (Å²) in [6.07, 6.45) is -13.9. The van der Waals surface area contributed by atoms with Crippen LogP contribution in [0.5, 0.6) is 0 Å². The second-order valence-corrected chi connectivity index (χ2v) is 23.6. The predicted octanol–water partition coefficient (Wildman–Crippen LogP) is 1.44. The van der Waals surface area contributed by atoms with Gasteiger partial charge in [0.1, 0.15) is 54.9 Å². The Bertz CT molecular complexity index is 1940. The molecule has 5 aliphatic carbocycles. The van der Waals surface area contributed by atoms with Gasteiger partial charge in [-0.2, -0.15) is 0 Å². The van der Waals surface area contributed by atoms with Crippen LogP contribution in [0.25, 0.3) is 0 Å². The van der Waals surface area contributed by atoms with Gasteiger partial charge >= 0.3 is 17.9 Å². The molecule has 3 heterocycles. The highest BCUT2D eigenvalue weighted by Gasteiger charge is 2.70. The lowest BCUT2D eigenvalue weighted by Crippen LogP contribution is -2.67.